The fraction of sp³-hybridized carbons (Fsp3) is 0.382. The summed E-state index contributed by atoms with van der Waals surface area (Å²) in [4.78, 5) is 18.5. The molecule has 46 heavy (non-hydrogen) atoms. The van der Waals surface area contributed by atoms with Gasteiger partial charge in [0.25, 0.3) is 5.91 Å². The van der Waals surface area contributed by atoms with E-state index < -0.39 is 44.0 Å². The molecule has 246 valence electrons. The first-order valence-electron chi connectivity index (χ1n) is 15.0. The first kappa shape index (κ1) is 34.0. The van der Waals surface area contributed by atoms with Gasteiger partial charge in [-0.3, -0.25) is 4.79 Å². The number of amides is 1. The number of hydrogen-bond donors (Lipinski definition) is 2. The lowest BCUT2D eigenvalue weighted by Crippen LogP contribution is -2.49. The van der Waals surface area contributed by atoms with Crippen molar-refractivity contribution in [1.29, 1.82) is 0 Å². The smallest absolute Gasteiger partial charge is 0.255 e. The number of benzene rings is 3. The van der Waals surface area contributed by atoms with Gasteiger partial charge in [0, 0.05) is 36.3 Å². The van der Waals surface area contributed by atoms with Gasteiger partial charge in [-0.15, -0.1) is 5.06 Å². The zero-order valence-electron chi connectivity index (χ0n) is 25.6. The van der Waals surface area contributed by atoms with Crippen LogP contribution in [0.3, 0.4) is 0 Å². The minimum atomic E-state index is -4.06. The second kappa shape index (κ2) is 13.4. The van der Waals surface area contributed by atoms with Crippen LogP contribution in [0, 0.1) is 35.2 Å². The van der Waals surface area contributed by atoms with Crippen molar-refractivity contribution in [2.75, 3.05) is 12.4 Å². The van der Waals surface area contributed by atoms with Gasteiger partial charge in [-0.2, -0.15) is 0 Å². The monoisotopic (exact) mass is 676 g/mol. The number of sulfone groups is 1. The lowest BCUT2D eigenvalue weighted by molar-refractivity contribution is -0.0922. The van der Waals surface area contributed by atoms with E-state index in [4.69, 9.17) is 16.4 Å². The molecule has 0 saturated heterocycles. The van der Waals surface area contributed by atoms with Crippen LogP contribution in [0.2, 0.25) is 5.02 Å². The summed E-state index contributed by atoms with van der Waals surface area (Å²) in [6.07, 6.45) is 3.38. The molecule has 2 saturated carbocycles. The maximum atomic E-state index is 14.1. The molecule has 2 fully saturated rings. The molecule has 0 aromatic heterocycles. The number of nitrogens with zero attached hydrogens (tertiary/aromatic N) is 1. The highest BCUT2D eigenvalue weighted by atomic mass is 35.5. The third-order valence-corrected chi connectivity index (χ3v) is 12.2. The summed E-state index contributed by atoms with van der Waals surface area (Å²) in [5.41, 5.74) is 0.316. The quantitative estimate of drug-likeness (QED) is 0.133. The number of halogens is 4. The van der Waals surface area contributed by atoms with Gasteiger partial charge >= 0.3 is 0 Å². The minimum absolute atomic E-state index is 0.0698. The Morgan fingerprint density at radius 2 is 1.70 bits per heavy atom. The fourth-order valence-corrected chi connectivity index (χ4v) is 9.69. The van der Waals surface area contributed by atoms with Crippen LogP contribution in [0.25, 0.3) is 0 Å². The van der Waals surface area contributed by atoms with Crippen molar-refractivity contribution in [1.82, 2.24) is 5.06 Å². The maximum Gasteiger partial charge on any atom is 0.255 e. The Hall–Kier alpha value is -3.38. The first-order valence-corrected chi connectivity index (χ1v) is 16.9. The van der Waals surface area contributed by atoms with Crippen molar-refractivity contribution in [3.63, 3.8) is 0 Å². The van der Waals surface area contributed by atoms with Crippen molar-refractivity contribution in [2.24, 2.45) is 17.8 Å². The van der Waals surface area contributed by atoms with Crippen LogP contribution in [0.4, 0.5) is 18.9 Å². The topological polar surface area (TPSA) is 95.9 Å². The molecular weight excluding hydrogens is 641 g/mol. The molecule has 0 aliphatic heterocycles. The number of hydroxylamine groups is 2. The molecule has 5 atom stereocenters. The van der Waals surface area contributed by atoms with Gasteiger partial charge in [0.2, 0.25) is 0 Å². The first-order chi connectivity index (χ1) is 21.7. The van der Waals surface area contributed by atoms with E-state index in [0.717, 1.165) is 17.2 Å². The highest BCUT2D eigenvalue weighted by Gasteiger charge is 2.56. The number of aliphatic hydroxyl groups is 1. The molecule has 3 aromatic rings. The zero-order chi connectivity index (χ0) is 33.4. The molecule has 2 bridgehead atoms. The van der Waals surface area contributed by atoms with Crippen LogP contribution in [-0.4, -0.2) is 42.4 Å². The summed E-state index contributed by atoms with van der Waals surface area (Å²) in [6, 6.07) is 14.8. The number of carbonyl (C=O) groups excluding carboxylic acids is 1. The third-order valence-electron chi connectivity index (χ3n) is 9.32. The molecule has 0 heterocycles. The average Bonchev–Trinajstić information content (AvgIpc) is 3.31. The standard InChI is InChI=1S/C34H36ClF3N2O5S/c1-20(19-45-40(3)18-22-7-5-4-6-8-22)21(2)34(42)16-24-9-10-25(17-34)32(24)46(43,44)30-13-23(11-12-27(30)35)33(41)39-26-14-28(36)31(38)29(37)15-26/h4-8,11-15,19,21,24-25,32,42H,9-10,16-18H2,1-3H3,(H,39,41)/b20-19-/t21?,24-,25?,32?,34?/m0/s1. The Bertz CT molecular complexity index is 1720. The van der Waals surface area contributed by atoms with E-state index in [1.807, 2.05) is 51.2 Å². The van der Waals surface area contributed by atoms with Crippen molar-refractivity contribution < 1.29 is 36.3 Å². The lowest BCUT2D eigenvalue weighted by atomic mass is 9.69. The third kappa shape index (κ3) is 6.97. The molecule has 5 rings (SSSR count). The largest absolute Gasteiger partial charge is 0.414 e. The summed E-state index contributed by atoms with van der Waals surface area (Å²) in [5.74, 6) is -6.48. The second-order valence-electron chi connectivity index (χ2n) is 12.4. The SMILES string of the molecule is C/C(=C/ON(C)Cc1ccccc1)C(C)C1(O)CC2CC[C@@H](C1)C2S(=O)(=O)c1cc(C(=O)Nc2cc(F)c(F)c(F)c2)ccc1Cl. The predicted octanol–water partition coefficient (Wildman–Crippen LogP) is 7.31. The van der Waals surface area contributed by atoms with Crippen LogP contribution in [0.15, 0.2) is 77.4 Å². The van der Waals surface area contributed by atoms with E-state index in [1.54, 1.807) is 11.3 Å². The van der Waals surface area contributed by atoms with Crippen molar-refractivity contribution >= 4 is 33.0 Å². The molecule has 12 heteroatoms. The lowest BCUT2D eigenvalue weighted by Gasteiger charge is -2.44. The van der Waals surface area contributed by atoms with E-state index in [2.05, 4.69) is 5.32 Å². The molecule has 4 unspecified atom stereocenters. The van der Waals surface area contributed by atoms with Crippen molar-refractivity contribution in [2.45, 2.75) is 61.8 Å². The fourth-order valence-electron chi connectivity index (χ4n) is 6.85. The van der Waals surface area contributed by atoms with E-state index in [-0.39, 0.29) is 51.8 Å². The Balaban J connectivity index is 1.30. The number of hydrogen-bond acceptors (Lipinski definition) is 6. The van der Waals surface area contributed by atoms with Gasteiger partial charge in [0.1, 0.15) is 6.26 Å². The van der Waals surface area contributed by atoms with Gasteiger partial charge in [0.15, 0.2) is 27.3 Å². The highest BCUT2D eigenvalue weighted by Crippen LogP contribution is 2.54. The average molecular weight is 677 g/mol. The molecule has 7 nitrogen and oxygen atoms in total. The van der Waals surface area contributed by atoms with Gasteiger partial charge < -0.3 is 15.3 Å². The number of fused-ring (bicyclic) bond motifs is 2. The molecule has 3 aromatic carbocycles. The van der Waals surface area contributed by atoms with Crippen molar-refractivity contribution in [3.05, 3.63) is 106 Å². The summed E-state index contributed by atoms with van der Waals surface area (Å²) in [7, 11) is -2.24. The highest BCUT2D eigenvalue weighted by molar-refractivity contribution is 7.92. The van der Waals surface area contributed by atoms with Gasteiger partial charge in [-0.25, -0.2) is 21.6 Å². The Labute approximate surface area is 271 Å². The Morgan fingerprint density at radius 1 is 1.09 bits per heavy atom. The molecule has 2 aliphatic rings. The van der Waals surface area contributed by atoms with E-state index in [1.165, 1.54) is 12.1 Å². The Kier molecular flexibility index (Phi) is 9.89. The van der Waals surface area contributed by atoms with Gasteiger partial charge in [0.05, 0.1) is 27.3 Å². The number of nitrogens with one attached hydrogen (secondary N) is 1. The van der Waals surface area contributed by atoms with Crippen LogP contribution < -0.4 is 5.32 Å². The summed E-state index contributed by atoms with van der Waals surface area (Å²) in [6.45, 7) is 4.37. The molecule has 1 amide bonds. The van der Waals surface area contributed by atoms with Crippen LogP contribution in [0.1, 0.15) is 55.5 Å². The van der Waals surface area contributed by atoms with Crippen molar-refractivity contribution in [3.8, 4) is 0 Å². The molecular formula is C34H36ClF3N2O5S. The summed E-state index contributed by atoms with van der Waals surface area (Å²) in [5, 5.41) is 14.9. The molecule has 0 radical (unpaired) electrons. The summed E-state index contributed by atoms with van der Waals surface area (Å²) >= 11 is 6.37. The molecule has 2 N–H and O–H groups in total. The number of carbonyl (C=O) groups is 1. The van der Waals surface area contributed by atoms with E-state index in [0.29, 0.717) is 31.5 Å². The minimum Gasteiger partial charge on any atom is -0.414 e. The maximum absolute atomic E-state index is 14.1. The summed E-state index contributed by atoms with van der Waals surface area (Å²) < 4.78 is 68.8. The molecule has 2 aliphatic carbocycles. The second-order valence-corrected chi connectivity index (χ2v) is 14.9. The van der Waals surface area contributed by atoms with Gasteiger partial charge in [-0.1, -0.05) is 48.9 Å². The predicted molar refractivity (Wildman–Crippen MR) is 169 cm³/mol. The van der Waals surface area contributed by atoms with Crippen LogP contribution in [0.5, 0.6) is 0 Å². The number of rotatable bonds is 10. The van der Waals surface area contributed by atoms with Gasteiger partial charge in [-0.05, 0) is 73.8 Å². The Morgan fingerprint density at radius 3 is 2.30 bits per heavy atom. The number of anilines is 1. The van der Waals surface area contributed by atoms with Crippen LogP contribution in [-0.2, 0) is 21.2 Å². The normalized spacial score (nSPS) is 23.8. The molecule has 0 spiro atoms. The van der Waals surface area contributed by atoms with Crippen LogP contribution >= 0.6 is 11.6 Å². The van der Waals surface area contributed by atoms with E-state index in [9.17, 15) is 31.5 Å². The zero-order valence-corrected chi connectivity index (χ0v) is 27.2. The van der Waals surface area contributed by atoms with E-state index >= 15 is 0 Å².